The maximum Gasteiger partial charge on any atom is 0.338 e. The lowest BCUT2D eigenvalue weighted by atomic mass is 10.2. The highest BCUT2D eigenvalue weighted by Gasteiger charge is 2.11. The molecule has 6 nitrogen and oxygen atoms in total. The zero-order valence-corrected chi connectivity index (χ0v) is 14.9. The van der Waals surface area contributed by atoms with Crippen molar-refractivity contribution in [3.8, 4) is 0 Å². The number of nitrogens with one attached hydrogen (secondary N) is 1. The third-order valence-corrected chi connectivity index (χ3v) is 3.47. The van der Waals surface area contributed by atoms with Crippen LogP contribution in [0, 0.1) is 0 Å². The van der Waals surface area contributed by atoms with Gasteiger partial charge in [0.2, 0.25) is 0 Å². The SMILES string of the molecule is CCCOC(=O)c1ccc(NC(=O)COC(=O)c2cccc(Cl)c2)cc1. The minimum Gasteiger partial charge on any atom is -0.462 e. The molecule has 0 aromatic heterocycles. The first-order chi connectivity index (χ1) is 12.5. The number of carbonyl (C=O) groups excluding carboxylic acids is 3. The van der Waals surface area contributed by atoms with Gasteiger partial charge in [0.25, 0.3) is 5.91 Å². The van der Waals surface area contributed by atoms with Gasteiger partial charge in [0.1, 0.15) is 0 Å². The van der Waals surface area contributed by atoms with Crippen LogP contribution < -0.4 is 5.32 Å². The van der Waals surface area contributed by atoms with Crippen LogP contribution in [-0.2, 0) is 14.3 Å². The molecule has 0 atom stereocenters. The summed E-state index contributed by atoms with van der Waals surface area (Å²) in [4.78, 5) is 35.4. The molecule has 2 aromatic carbocycles. The molecule has 1 N–H and O–H groups in total. The molecule has 2 aromatic rings. The molecule has 7 heteroatoms. The summed E-state index contributed by atoms with van der Waals surface area (Å²) >= 11 is 5.80. The van der Waals surface area contributed by atoms with Crippen molar-refractivity contribution in [2.45, 2.75) is 13.3 Å². The van der Waals surface area contributed by atoms with Crippen LogP contribution in [0.1, 0.15) is 34.1 Å². The highest BCUT2D eigenvalue weighted by molar-refractivity contribution is 6.30. The Morgan fingerprint density at radius 1 is 0.962 bits per heavy atom. The minimum absolute atomic E-state index is 0.264. The second-order valence-corrected chi connectivity index (χ2v) is 5.78. The Morgan fingerprint density at radius 3 is 2.31 bits per heavy atom. The van der Waals surface area contributed by atoms with E-state index < -0.39 is 24.5 Å². The summed E-state index contributed by atoms with van der Waals surface area (Å²) in [6, 6.07) is 12.5. The van der Waals surface area contributed by atoms with Gasteiger partial charge < -0.3 is 14.8 Å². The number of esters is 2. The standard InChI is InChI=1S/C19H18ClNO5/c1-2-10-25-18(23)13-6-8-16(9-7-13)21-17(22)12-26-19(24)14-4-3-5-15(20)11-14/h3-9,11H,2,10,12H2,1H3,(H,21,22). The van der Waals surface area contributed by atoms with Crippen LogP contribution in [0.5, 0.6) is 0 Å². The fraction of sp³-hybridized carbons (Fsp3) is 0.211. The number of carbonyl (C=O) groups is 3. The number of rotatable bonds is 7. The van der Waals surface area contributed by atoms with Crippen LogP contribution in [0.25, 0.3) is 0 Å². The van der Waals surface area contributed by atoms with E-state index in [1.165, 1.54) is 6.07 Å². The van der Waals surface area contributed by atoms with Gasteiger partial charge in [0.15, 0.2) is 6.61 Å². The van der Waals surface area contributed by atoms with Gasteiger partial charge in [0, 0.05) is 10.7 Å². The van der Waals surface area contributed by atoms with Crippen LogP contribution in [0.4, 0.5) is 5.69 Å². The molecule has 0 unspecified atom stereocenters. The van der Waals surface area contributed by atoms with Crippen molar-refractivity contribution in [2.24, 2.45) is 0 Å². The summed E-state index contributed by atoms with van der Waals surface area (Å²) < 4.78 is 9.96. The first kappa shape index (κ1) is 19.5. The lowest BCUT2D eigenvalue weighted by molar-refractivity contribution is -0.119. The summed E-state index contributed by atoms with van der Waals surface area (Å²) in [5.74, 6) is -1.56. The Kier molecular flexibility index (Phi) is 7.17. The Hall–Kier alpha value is -2.86. The summed E-state index contributed by atoms with van der Waals surface area (Å²) in [7, 11) is 0. The second-order valence-electron chi connectivity index (χ2n) is 5.35. The zero-order chi connectivity index (χ0) is 18.9. The van der Waals surface area contributed by atoms with Gasteiger partial charge in [0.05, 0.1) is 17.7 Å². The first-order valence-electron chi connectivity index (χ1n) is 7.99. The summed E-state index contributed by atoms with van der Waals surface area (Å²) in [5.41, 5.74) is 1.13. The van der Waals surface area contributed by atoms with Gasteiger partial charge >= 0.3 is 11.9 Å². The fourth-order valence-corrected chi connectivity index (χ4v) is 2.18. The van der Waals surface area contributed by atoms with E-state index in [1.54, 1.807) is 42.5 Å². The highest BCUT2D eigenvalue weighted by Crippen LogP contribution is 2.13. The van der Waals surface area contributed by atoms with Gasteiger partial charge in [-0.1, -0.05) is 24.6 Å². The molecule has 0 aliphatic heterocycles. The predicted octanol–water partition coefficient (Wildman–Crippen LogP) is 3.70. The summed E-state index contributed by atoms with van der Waals surface area (Å²) in [5, 5.41) is 2.98. The van der Waals surface area contributed by atoms with E-state index in [-0.39, 0.29) is 5.56 Å². The Morgan fingerprint density at radius 2 is 1.65 bits per heavy atom. The number of hydrogen-bond donors (Lipinski definition) is 1. The van der Waals surface area contributed by atoms with Crippen molar-refractivity contribution in [3.05, 3.63) is 64.7 Å². The number of halogens is 1. The molecule has 0 aliphatic carbocycles. The van der Waals surface area contributed by atoms with Crippen LogP contribution in [0.3, 0.4) is 0 Å². The molecule has 0 spiro atoms. The van der Waals surface area contributed by atoms with Crippen molar-refractivity contribution < 1.29 is 23.9 Å². The topological polar surface area (TPSA) is 81.7 Å². The Bertz CT molecular complexity index is 789. The van der Waals surface area contributed by atoms with Crippen molar-refractivity contribution >= 4 is 35.1 Å². The molecule has 136 valence electrons. The molecule has 0 bridgehead atoms. The molecule has 0 aliphatic rings. The van der Waals surface area contributed by atoms with E-state index in [1.807, 2.05) is 6.92 Å². The zero-order valence-electron chi connectivity index (χ0n) is 14.2. The number of benzene rings is 2. The molecule has 2 rings (SSSR count). The van der Waals surface area contributed by atoms with Crippen LogP contribution in [0.2, 0.25) is 5.02 Å². The molecule has 0 radical (unpaired) electrons. The monoisotopic (exact) mass is 375 g/mol. The van der Waals surface area contributed by atoms with Gasteiger partial charge in [-0.3, -0.25) is 4.79 Å². The highest BCUT2D eigenvalue weighted by atomic mass is 35.5. The molecule has 0 fully saturated rings. The van der Waals surface area contributed by atoms with Gasteiger partial charge in [-0.15, -0.1) is 0 Å². The van der Waals surface area contributed by atoms with E-state index in [4.69, 9.17) is 21.1 Å². The summed E-state index contributed by atoms with van der Waals surface area (Å²) in [6.07, 6.45) is 0.744. The summed E-state index contributed by atoms with van der Waals surface area (Å²) in [6.45, 7) is 1.83. The maximum absolute atomic E-state index is 11.9. The average Bonchev–Trinajstić information content (AvgIpc) is 2.64. The third-order valence-electron chi connectivity index (χ3n) is 3.24. The minimum atomic E-state index is -0.642. The number of hydrogen-bond acceptors (Lipinski definition) is 5. The number of ether oxygens (including phenoxy) is 2. The van der Waals surface area contributed by atoms with Crippen LogP contribution in [0.15, 0.2) is 48.5 Å². The lowest BCUT2D eigenvalue weighted by Gasteiger charge is -2.08. The Labute approximate surface area is 156 Å². The van der Waals surface area contributed by atoms with Gasteiger partial charge in [-0.2, -0.15) is 0 Å². The smallest absolute Gasteiger partial charge is 0.338 e. The van der Waals surface area contributed by atoms with Crippen molar-refractivity contribution in [1.82, 2.24) is 0 Å². The molecule has 26 heavy (non-hydrogen) atoms. The molecule has 0 saturated carbocycles. The largest absolute Gasteiger partial charge is 0.462 e. The second kappa shape index (κ2) is 9.58. The lowest BCUT2D eigenvalue weighted by Crippen LogP contribution is -2.21. The van der Waals surface area contributed by atoms with Gasteiger partial charge in [-0.05, 0) is 48.9 Å². The van der Waals surface area contributed by atoms with E-state index in [2.05, 4.69) is 5.32 Å². The van der Waals surface area contributed by atoms with E-state index >= 15 is 0 Å². The van der Waals surface area contributed by atoms with Crippen LogP contribution in [-0.4, -0.2) is 31.1 Å². The normalized spacial score (nSPS) is 10.1. The van der Waals surface area contributed by atoms with Crippen molar-refractivity contribution in [2.75, 3.05) is 18.5 Å². The molecular formula is C19H18ClNO5. The number of anilines is 1. The maximum atomic E-state index is 11.9. The van der Waals surface area contributed by atoms with Gasteiger partial charge in [-0.25, -0.2) is 9.59 Å². The van der Waals surface area contributed by atoms with Crippen molar-refractivity contribution in [1.29, 1.82) is 0 Å². The average molecular weight is 376 g/mol. The van der Waals surface area contributed by atoms with E-state index in [0.717, 1.165) is 6.42 Å². The molecule has 0 saturated heterocycles. The van der Waals surface area contributed by atoms with Crippen LogP contribution >= 0.6 is 11.6 Å². The predicted molar refractivity (Wildman–Crippen MR) is 97.4 cm³/mol. The molecular weight excluding hydrogens is 358 g/mol. The van der Waals surface area contributed by atoms with E-state index in [9.17, 15) is 14.4 Å². The molecule has 1 amide bonds. The third kappa shape index (κ3) is 5.89. The Balaban J connectivity index is 1.84. The quantitative estimate of drug-likeness (QED) is 0.746. The first-order valence-corrected chi connectivity index (χ1v) is 8.37. The fourth-order valence-electron chi connectivity index (χ4n) is 1.99. The van der Waals surface area contributed by atoms with E-state index in [0.29, 0.717) is 22.9 Å². The van der Waals surface area contributed by atoms with Crippen molar-refractivity contribution in [3.63, 3.8) is 0 Å². The molecule has 0 heterocycles. The number of amides is 1.